The first-order valence-corrected chi connectivity index (χ1v) is 18.4. The topological polar surface area (TPSA) is 95.4 Å². The van der Waals surface area contributed by atoms with Crippen molar-refractivity contribution in [2.24, 2.45) is 5.16 Å². The van der Waals surface area contributed by atoms with Gasteiger partial charge in [-0.05, 0) is 49.2 Å². The number of benzene rings is 3. The molecular formula is C38H45FN4O5Si. The molecule has 49 heavy (non-hydrogen) atoms. The molecule has 1 aliphatic rings. The zero-order valence-corrected chi connectivity index (χ0v) is 30.5. The first-order valence-electron chi connectivity index (χ1n) is 16.5. The molecule has 0 bridgehead atoms. The van der Waals surface area contributed by atoms with E-state index < -0.39 is 19.9 Å². The van der Waals surface area contributed by atoms with Gasteiger partial charge in [-0.1, -0.05) is 86.6 Å². The molecule has 258 valence electrons. The van der Waals surface area contributed by atoms with Gasteiger partial charge in [-0.2, -0.15) is 0 Å². The van der Waals surface area contributed by atoms with E-state index in [1.807, 2.05) is 55.1 Å². The van der Waals surface area contributed by atoms with Crippen LogP contribution in [0.2, 0.25) is 5.04 Å². The lowest BCUT2D eigenvalue weighted by molar-refractivity contribution is -0.00552. The third kappa shape index (κ3) is 7.59. The molecule has 0 amide bonds. The van der Waals surface area contributed by atoms with E-state index in [4.69, 9.17) is 18.7 Å². The fraction of sp³-hybridized carbons (Fsp3) is 0.368. The van der Waals surface area contributed by atoms with E-state index in [1.54, 1.807) is 19.9 Å². The molecule has 1 fully saturated rings. The molecule has 0 unspecified atom stereocenters. The lowest BCUT2D eigenvalue weighted by Crippen LogP contribution is -2.66. The normalized spacial score (nSPS) is 16.6. The second kappa shape index (κ2) is 15.0. The third-order valence-corrected chi connectivity index (χ3v) is 13.5. The second-order valence-electron chi connectivity index (χ2n) is 13.6. The summed E-state index contributed by atoms with van der Waals surface area (Å²) in [6.45, 7) is 14.8. The van der Waals surface area contributed by atoms with Crippen LogP contribution in [0, 0.1) is 5.82 Å². The van der Waals surface area contributed by atoms with Crippen molar-refractivity contribution in [3.8, 4) is 11.6 Å². The molecule has 1 saturated heterocycles. The average Bonchev–Trinajstić information content (AvgIpc) is 3.07. The summed E-state index contributed by atoms with van der Waals surface area (Å²) in [6.07, 6.45) is 2.38. The molecule has 3 aromatic carbocycles. The molecule has 1 aliphatic heterocycles. The number of morpholine rings is 1. The molecule has 2 atom stereocenters. The summed E-state index contributed by atoms with van der Waals surface area (Å²) < 4.78 is 35.8. The Labute approximate surface area is 289 Å². The van der Waals surface area contributed by atoms with Gasteiger partial charge in [0, 0.05) is 18.7 Å². The zero-order valence-electron chi connectivity index (χ0n) is 29.5. The molecule has 11 heteroatoms. The summed E-state index contributed by atoms with van der Waals surface area (Å²) in [5.74, 6) is -1.45. The van der Waals surface area contributed by atoms with Crippen molar-refractivity contribution in [2.45, 2.75) is 72.3 Å². The van der Waals surface area contributed by atoms with Crippen molar-refractivity contribution < 1.29 is 27.9 Å². The quantitative estimate of drug-likeness (QED) is 0.0785. The maximum absolute atomic E-state index is 17.3. The Morgan fingerprint density at radius 1 is 1.00 bits per heavy atom. The Bertz CT molecular complexity index is 1750. The average molecular weight is 685 g/mol. The molecule has 1 aromatic heterocycles. The zero-order chi connectivity index (χ0) is 35.3. The SMILES string of the molecule is COc1cncc(C(=O)c2cc(CO[Si](c3ccccc3)(c3ccccc3)C(C)(C)C)c(N3C[C@@H](C)O[C@H](C)C3)c(F)c2ON=C(C)C)n1. The summed E-state index contributed by atoms with van der Waals surface area (Å²) in [5, 5.41) is 5.90. The number of rotatable bonds is 11. The van der Waals surface area contributed by atoms with Gasteiger partial charge >= 0.3 is 0 Å². The van der Waals surface area contributed by atoms with Crippen LogP contribution in [0.1, 0.15) is 70.1 Å². The molecule has 5 rings (SSSR count). The summed E-state index contributed by atoms with van der Waals surface area (Å²) >= 11 is 0. The fourth-order valence-corrected chi connectivity index (χ4v) is 11.1. The Morgan fingerprint density at radius 2 is 1.59 bits per heavy atom. The lowest BCUT2D eigenvalue weighted by atomic mass is 10.00. The van der Waals surface area contributed by atoms with E-state index in [0.717, 1.165) is 10.4 Å². The first kappa shape index (κ1) is 35.8. The van der Waals surface area contributed by atoms with Crippen LogP contribution < -0.4 is 24.8 Å². The van der Waals surface area contributed by atoms with Crippen LogP contribution in [0.4, 0.5) is 10.1 Å². The number of nitrogens with zero attached hydrogens (tertiary/aromatic N) is 4. The van der Waals surface area contributed by atoms with Crippen LogP contribution in [-0.4, -0.2) is 62.2 Å². The van der Waals surface area contributed by atoms with Gasteiger partial charge in [0.15, 0.2) is 5.82 Å². The minimum Gasteiger partial charge on any atom is -0.480 e. The van der Waals surface area contributed by atoms with E-state index >= 15 is 4.39 Å². The van der Waals surface area contributed by atoms with Crippen LogP contribution in [0.3, 0.4) is 0 Å². The minimum absolute atomic E-state index is 0.0140. The first-order chi connectivity index (χ1) is 23.4. The molecule has 0 aliphatic carbocycles. The maximum Gasteiger partial charge on any atom is 0.261 e. The highest BCUT2D eigenvalue weighted by atomic mass is 28.4. The number of carbonyl (C=O) groups excluding carboxylic acids is 1. The summed E-state index contributed by atoms with van der Waals surface area (Å²) in [5.41, 5.74) is 1.25. The number of aromatic nitrogens is 2. The van der Waals surface area contributed by atoms with Crippen molar-refractivity contribution in [1.82, 2.24) is 9.97 Å². The van der Waals surface area contributed by atoms with Crippen molar-refractivity contribution in [3.63, 3.8) is 0 Å². The van der Waals surface area contributed by atoms with E-state index in [0.29, 0.717) is 24.4 Å². The van der Waals surface area contributed by atoms with E-state index in [1.165, 1.54) is 19.5 Å². The number of methoxy groups -OCH3 is 1. The molecule has 4 aromatic rings. The van der Waals surface area contributed by atoms with Crippen LogP contribution >= 0.6 is 0 Å². The van der Waals surface area contributed by atoms with Crippen molar-refractivity contribution >= 4 is 35.9 Å². The Hall–Kier alpha value is -4.45. The highest BCUT2D eigenvalue weighted by Gasteiger charge is 2.50. The van der Waals surface area contributed by atoms with Gasteiger partial charge in [0.05, 0.1) is 55.3 Å². The molecular weight excluding hydrogens is 640 g/mol. The van der Waals surface area contributed by atoms with Crippen LogP contribution in [0.25, 0.3) is 0 Å². The predicted molar refractivity (Wildman–Crippen MR) is 192 cm³/mol. The second-order valence-corrected chi connectivity index (χ2v) is 17.9. The number of anilines is 1. The maximum atomic E-state index is 17.3. The van der Waals surface area contributed by atoms with Gasteiger partial charge in [0.25, 0.3) is 8.32 Å². The standard InChI is InChI=1S/C38H45FN4O5Si/c1-25(2)42-48-37-31(36(44)32-20-40-21-33(41-32)45-8)19-28(35(34(37)39)43-22-26(3)47-27(4)23-43)24-46-49(38(5,6)7,29-15-11-9-12-16-29)30-17-13-10-14-18-30/h9-21,26-27H,22-24H2,1-8H3/t26-,27-/m1/s1. The van der Waals surface area contributed by atoms with Crippen LogP contribution in [0.5, 0.6) is 11.6 Å². The highest BCUT2D eigenvalue weighted by molar-refractivity contribution is 6.99. The molecule has 0 radical (unpaired) electrons. The minimum atomic E-state index is -3.06. The highest BCUT2D eigenvalue weighted by Crippen LogP contribution is 2.41. The Kier molecular flexibility index (Phi) is 11.0. The van der Waals surface area contributed by atoms with Gasteiger partial charge in [0.1, 0.15) is 5.69 Å². The van der Waals surface area contributed by atoms with Gasteiger partial charge in [-0.25, -0.2) is 9.37 Å². The number of oxime groups is 1. The molecule has 2 heterocycles. The molecule has 0 N–H and O–H groups in total. The van der Waals surface area contributed by atoms with Crippen LogP contribution in [-0.2, 0) is 15.8 Å². The number of hydrogen-bond donors (Lipinski definition) is 0. The van der Waals surface area contributed by atoms with E-state index in [2.05, 4.69) is 60.2 Å². The van der Waals surface area contributed by atoms with Crippen molar-refractivity contribution in [1.29, 1.82) is 0 Å². The number of hydrogen-bond acceptors (Lipinski definition) is 9. The number of halogens is 1. The number of ketones is 1. The summed E-state index contributed by atoms with van der Waals surface area (Å²) in [4.78, 5) is 30.2. The van der Waals surface area contributed by atoms with E-state index in [-0.39, 0.29) is 52.4 Å². The molecule has 9 nitrogen and oxygen atoms in total. The smallest absolute Gasteiger partial charge is 0.261 e. The van der Waals surface area contributed by atoms with Gasteiger partial charge < -0.3 is 23.6 Å². The lowest BCUT2D eigenvalue weighted by Gasteiger charge is -2.43. The third-order valence-electron chi connectivity index (χ3n) is 8.49. The summed E-state index contributed by atoms with van der Waals surface area (Å²) in [6, 6.07) is 22.1. The largest absolute Gasteiger partial charge is 0.480 e. The van der Waals surface area contributed by atoms with Gasteiger partial charge in [-0.3, -0.25) is 9.78 Å². The number of ether oxygens (including phenoxy) is 2. The fourth-order valence-electron chi connectivity index (χ4n) is 6.52. The van der Waals surface area contributed by atoms with Crippen molar-refractivity contribution in [3.05, 3.63) is 102 Å². The Balaban J connectivity index is 1.75. The van der Waals surface area contributed by atoms with Gasteiger partial charge in [0.2, 0.25) is 17.4 Å². The predicted octanol–water partition coefficient (Wildman–Crippen LogP) is 6.32. The van der Waals surface area contributed by atoms with E-state index in [9.17, 15) is 4.79 Å². The Morgan fingerprint density at radius 3 is 2.12 bits per heavy atom. The monoisotopic (exact) mass is 684 g/mol. The molecule has 0 saturated carbocycles. The van der Waals surface area contributed by atoms with Crippen molar-refractivity contribution in [2.75, 3.05) is 25.1 Å². The summed E-state index contributed by atoms with van der Waals surface area (Å²) in [7, 11) is -1.62. The van der Waals surface area contributed by atoms with Gasteiger partial charge in [-0.15, -0.1) is 0 Å². The number of carbonyl (C=O) groups is 1. The van der Waals surface area contributed by atoms with Crippen LogP contribution in [0.15, 0.2) is 84.3 Å². The molecule has 0 spiro atoms.